The highest BCUT2D eigenvalue weighted by atomic mass is 19.4. The minimum absolute atomic E-state index is 0.297. The van der Waals surface area contributed by atoms with Gasteiger partial charge in [-0.1, -0.05) is 11.5 Å². The second-order valence-electron chi connectivity index (χ2n) is 2.66. The van der Waals surface area contributed by atoms with E-state index in [1.165, 1.54) is 7.85 Å². The van der Waals surface area contributed by atoms with Crippen LogP contribution in [0.5, 0.6) is 0 Å². The molecule has 1 nitrogen and oxygen atoms in total. The minimum Gasteiger partial charge on any atom is -0.397 e. The van der Waals surface area contributed by atoms with Gasteiger partial charge in [-0.25, -0.2) is 4.39 Å². The van der Waals surface area contributed by atoms with Gasteiger partial charge < -0.3 is 5.73 Å². The first-order valence-corrected chi connectivity index (χ1v) is 3.46. The fraction of sp³-hybridized carbons (Fsp3) is 0.143. The van der Waals surface area contributed by atoms with Crippen molar-refractivity contribution in [2.75, 3.05) is 5.73 Å². The summed E-state index contributed by atoms with van der Waals surface area (Å²) in [6.45, 7) is 0. The third-order valence-electron chi connectivity index (χ3n) is 1.70. The summed E-state index contributed by atoms with van der Waals surface area (Å²) >= 11 is 0. The summed E-state index contributed by atoms with van der Waals surface area (Å²) in [6, 6.07) is 1.82. The van der Waals surface area contributed by atoms with Crippen LogP contribution < -0.4 is 11.2 Å². The number of anilines is 1. The predicted octanol–water partition coefficient (Wildman–Crippen LogP) is 0.685. The molecule has 0 spiro atoms. The first-order valence-electron chi connectivity index (χ1n) is 3.46. The Morgan fingerprint density at radius 1 is 1.23 bits per heavy atom. The van der Waals surface area contributed by atoms with Gasteiger partial charge in [-0.15, -0.1) is 0 Å². The van der Waals surface area contributed by atoms with Crippen LogP contribution in [0.2, 0.25) is 0 Å². The third-order valence-corrected chi connectivity index (χ3v) is 1.70. The number of hydrogen-bond acceptors (Lipinski definition) is 1. The Morgan fingerprint density at radius 2 is 1.77 bits per heavy atom. The molecule has 0 radical (unpaired) electrons. The van der Waals surface area contributed by atoms with Crippen LogP contribution in [-0.2, 0) is 6.18 Å². The van der Waals surface area contributed by atoms with Crippen LogP contribution in [0.3, 0.4) is 0 Å². The molecule has 1 aromatic carbocycles. The van der Waals surface area contributed by atoms with E-state index >= 15 is 0 Å². The standard InChI is InChI=1S/C7H6BF4N/c8-4-2-1-3(7(10,11)12)5(9)6(4)13/h1-2H,8,13H2. The highest BCUT2D eigenvalue weighted by Gasteiger charge is 2.34. The van der Waals surface area contributed by atoms with Crippen molar-refractivity contribution in [1.82, 2.24) is 0 Å². The lowest BCUT2D eigenvalue weighted by atomic mass is 9.92. The van der Waals surface area contributed by atoms with Crippen LogP contribution in [0.15, 0.2) is 12.1 Å². The molecule has 0 aromatic heterocycles. The van der Waals surface area contributed by atoms with E-state index in [1.807, 2.05) is 0 Å². The van der Waals surface area contributed by atoms with E-state index in [0.717, 1.165) is 6.07 Å². The molecule has 0 aliphatic rings. The van der Waals surface area contributed by atoms with Crippen LogP contribution in [0, 0.1) is 5.82 Å². The van der Waals surface area contributed by atoms with Crippen molar-refractivity contribution in [1.29, 1.82) is 0 Å². The van der Waals surface area contributed by atoms with Crippen LogP contribution in [0.1, 0.15) is 5.56 Å². The van der Waals surface area contributed by atoms with E-state index in [9.17, 15) is 17.6 Å². The summed E-state index contributed by atoms with van der Waals surface area (Å²) in [4.78, 5) is 0. The van der Waals surface area contributed by atoms with Gasteiger partial charge in [0, 0.05) is 0 Å². The summed E-state index contributed by atoms with van der Waals surface area (Å²) < 4.78 is 49.1. The van der Waals surface area contributed by atoms with Crippen LogP contribution in [-0.4, -0.2) is 7.85 Å². The molecule has 0 saturated carbocycles. The zero-order valence-electron chi connectivity index (χ0n) is 6.74. The largest absolute Gasteiger partial charge is 0.419 e. The normalized spacial score (nSPS) is 11.7. The van der Waals surface area contributed by atoms with Crippen molar-refractivity contribution in [2.24, 2.45) is 0 Å². The van der Waals surface area contributed by atoms with Crippen molar-refractivity contribution in [3.8, 4) is 0 Å². The number of halogens is 4. The second-order valence-corrected chi connectivity index (χ2v) is 2.66. The molecule has 2 N–H and O–H groups in total. The zero-order valence-corrected chi connectivity index (χ0v) is 6.74. The lowest BCUT2D eigenvalue weighted by Crippen LogP contribution is -2.17. The Hall–Kier alpha value is -1.20. The number of hydrogen-bond donors (Lipinski definition) is 1. The van der Waals surface area contributed by atoms with E-state index in [2.05, 4.69) is 0 Å². The predicted molar refractivity (Wildman–Crippen MR) is 44.0 cm³/mol. The first kappa shape index (κ1) is 9.89. The fourth-order valence-corrected chi connectivity index (χ4v) is 0.908. The number of alkyl halides is 3. The fourth-order valence-electron chi connectivity index (χ4n) is 0.908. The summed E-state index contributed by atoms with van der Waals surface area (Å²) in [5, 5.41) is 0. The average molecular weight is 191 g/mol. The van der Waals surface area contributed by atoms with Gasteiger partial charge in [-0.2, -0.15) is 13.2 Å². The zero-order chi connectivity index (χ0) is 10.2. The van der Waals surface area contributed by atoms with Crippen molar-refractivity contribution < 1.29 is 17.6 Å². The Bertz CT molecular complexity index is 334. The van der Waals surface area contributed by atoms with E-state index in [4.69, 9.17) is 5.73 Å². The van der Waals surface area contributed by atoms with Gasteiger partial charge in [0.25, 0.3) is 0 Å². The molecular weight excluding hydrogens is 185 g/mol. The molecule has 70 valence electrons. The average Bonchev–Trinajstić information content (AvgIpc) is 1.98. The lowest BCUT2D eigenvalue weighted by molar-refractivity contribution is -0.139. The Morgan fingerprint density at radius 3 is 2.23 bits per heavy atom. The summed E-state index contributed by atoms with van der Waals surface area (Å²) in [5.41, 5.74) is 3.63. The molecule has 0 unspecified atom stereocenters. The number of nitrogen functional groups attached to an aromatic ring is 1. The minimum atomic E-state index is -4.69. The van der Waals surface area contributed by atoms with Crippen molar-refractivity contribution in [2.45, 2.75) is 6.18 Å². The van der Waals surface area contributed by atoms with Crippen LogP contribution in [0.4, 0.5) is 23.2 Å². The van der Waals surface area contributed by atoms with Crippen molar-refractivity contribution in [3.63, 3.8) is 0 Å². The Labute approximate surface area is 73.0 Å². The summed E-state index contributed by atoms with van der Waals surface area (Å²) in [7, 11) is 1.44. The van der Waals surface area contributed by atoms with Gasteiger partial charge >= 0.3 is 6.18 Å². The Balaban J connectivity index is 3.35. The van der Waals surface area contributed by atoms with E-state index in [1.54, 1.807) is 0 Å². The topological polar surface area (TPSA) is 26.0 Å². The maximum Gasteiger partial charge on any atom is 0.419 e. The van der Waals surface area contributed by atoms with Crippen LogP contribution >= 0.6 is 0 Å². The number of benzene rings is 1. The molecule has 0 saturated heterocycles. The molecule has 1 rings (SSSR count). The maximum atomic E-state index is 12.9. The van der Waals surface area contributed by atoms with Crippen LogP contribution in [0.25, 0.3) is 0 Å². The van der Waals surface area contributed by atoms with Gasteiger partial charge in [-0.05, 0) is 6.07 Å². The molecule has 6 heteroatoms. The Kier molecular flexibility index (Phi) is 2.23. The van der Waals surface area contributed by atoms with Gasteiger partial charge in [0.2, 0.25) is 0 Å². The monoisotopic (exact) mass is 191 g/mol. The highest BCUT2D eigenvalue weighted by Crippen LogP contribution is 2.32. The molecular formula is C7H6BF4N. The highest BCUT2D eigenvalue weighted by molar-refractivity contribution is 6.35. The molecule has 0 atom stereocenters. The van der Waals surface area contributed by atoms with Gasteiger partial charge in [0.1, 0.15) is 7.85 Å². The summed E-state index contributed by atoms with van der Waals surface area (Å²) in [5.74, 6) is -1.40. The molecule has 0 aliphatic heterocycles. The third kappa shape index (κ3) is 1.76. The first-order chi connectivity index (χ1) is 5.84. The van der Waals surface area contributed by atoms with Crippen molar-refractivity contribution in [3.05, 3.63) is 23.5 Å². The van der Waals surface area contributed by atoms with E-state index in [0.29, 0.717) is 11.5 Å². The quantitative estimate of drug-likeness (QED) is 0.364. The molecule has 1 aromatic rings. The SMILES string of the molecule is Bc1ccc(C(F)(F)F)c(F)c1N. The molecule has 0 fully saturated rings. The second kappa shape index (κ2) is 2.94. The molecule has 0 bridgehead atoms. The molecule has 0 aliphatic carbocycles. The van der Waals surface area contributed by atoms with E-state index < -0.39 is 23.2 Å². The number of rotatable bonds is 0. The molecule has 0 heterocycles. The van der Waals surface area contributed by atoms with Gasteiger partial charge in [-0.3, -0.25) is 0 Å². The lowest BCUT2D eigenvalue weighted by Gasteiger charge is -2.10. The van der Waals surface area contributed by atoms with Gasteiger partial charge in [0.05, 0.1) is 11.3 Å². The molecule has 13 heavy (non-hydrogen) atoms. The maximum absolute atomic E-state index is 12.9. The van der Waals surface area contributed by atoms with Gasteiger partial charge in [0.15, 0.2) is 5.82 Å². The van der Waals surface area contributed by atoms with E-state index in [-0.39, 0.29) is 0 Å². The number of nitrogens with two attached hydrogens (primary N) is 1. The summed E-state index contributed by atoms with van der Waals surface area (Å²) in [6.07, 6.45) is -4.69. The smallest absolute Gasteiger partial charge is 0.397 e. The van der Waals surface area contributed by atoms with Crippen molar-refractivity contribution >= 4 is 19.0 Å². The molecule has 0 amide bonds.